The highest BCUT2D eigenvalue weighted by molar-refractivity contribution is 5.98. The van der Waals surface area contributed by atoms with Crippen molar-refractivity contribution in [2.24, 2.45) is 7.05 Å². The smallest absolute Gasteiger partial charge is 0.271 e. The lowest BCUT2D eigenvalue weighted by Gasteiger charge is -2.14. The van der Waals surface area contributed by atoms with Crippen molar-refractivity contribution in [3.63, 3.8) is 0 Å². The summed E-state index contributed by atoms with van der Waals surface area (Å²) in [7, 11) is 1.76. The van der Waals surface area contributed by atoms with E-state index in [9.17, 15) is 4.79 Å². The van der Waals surface area contributed by atoms with Crippen molar-refractivity contribution in [3.05, 3.63) is 11.4 Å². The molecule has 0 radical (unpaired) electrons. The van der Waals surface area contributed by atoms with E-state index in [0.29, 0.717) is 11.4 Å². The van der Waals surface area contributed by atoms with Crippen LogP contribution in [0.2, 0.25) is 0 Å². The SMILES string of the molecule is CCCCCC(C)NC(=O)c1c(N)c(CC)nn1C. The molecule has 0 aliphatic rings. The van der Waals surface area contributed by atoms with E-state index in [1.54, 1.807) is 11.7 Å². The summed E-state index contributed by atoms with van der Waals surface area (Å²) in [6, 6.07) is 0.165. The number of amides is 1. The van der Waals surface area contributed by atoms with E-state index in [4.69, 9.17) is 5.73 Å². The zero-order valence-corrected chi connectivity index (χ0v) is 12.5. The first-order chi connectivity index (χ1) is 9.01. The summed E-state index contributed by atoms with van der Waals surface area (Å²) in [6.45, 7) is 6.18. The molecular weight excluding hydrogens is 240 g/mol. The number of nitrogens with two attached hydrogens (primary N) is 1. The van der Waals surface area contributed by atoms with Gasteiger partial charge in [0.2, 0.25) is 0 Å². The third-order valence-corrected chi connectivity index (χ3v) is 3.33. The van der Waals surface area contributed by atoms with Crippen LogP contribution in [-0.2, 0) is 13.5 Å². The van der Waals surface area contributed by atoms with Crippen LogP contribution >= 0.6 is 0 Å². The van der Waals surface area contributed by atoms with Crippen molar-refractivity contribution in [1.29, 1.82) is 0 Å². The molecule has 0 spiro atoms. The van der Waals surface area contributed by atoms with Crippen molar-refractivity contribution < 1.29 is 4.79 Å². The first-order valence-corrected chi connectivity index (χ1v) is 7.13. The Hall–Kier alpha value is -1.52. The molecule has 1 aromatic heterocycles. The zero-order chi connectivity index (χ0) is 14.4. The maximum Gasteiger partial charge on any atom is 0.271 e. The topological polar surface area (TPSA) is 72.9 Å². The van der Waals surface area contributed by atoms with Crippen LogP contribution in [0.4, 0.5) is 5.69 Å². The number of anilines is 1. The lowest BCUT2D eigenvalue weighted by molar-refractivity contribution is 0.0929. The Balaban J connectivity index is 2.65. The van der Waals surface area contributed by atoms with Gasteiger partial charge in [0.15, 0.2) is 0 Å². The van der Waals surface area contributed by atoms with Gasteiger partial charge in [-0.1, -0.05) is 33.1 Å². The van der Waals surface area contributed by atoms with Gasteiger partial charge in [-0.2, -0.15) is 5.10 Å². The van der Waals surface area contributed by atoms with Crippen molar-refractivity contribution in [3.8, 4) is 0 Å². The number of unbranched alkanes of at least 4 members (excludes halogenated alkanes) is 2. The number of nitrogens with one attached hydrogen (secondary N) is 1. The maximum atomic E-state index is 12.2. The largest absolute Gasteiger partial charge is 0.395 e. The van der Waals surface area contributed by atoms with Crippen LogP contribution in [0.1, 0.15) is 62.6 Å². The van der Waals surface area contributed by atoms with Crippen molar-refractivity contribution in [1.82, 2.24) is 15.1 Å². The lowest BCUT2D eigenvalue weighted by atomic mass is 10.1. The molecule has 0 fully saturated rings. The highest BCUT2D eigenvalue weighted by Crippen LogP contribution is 2.17. The molecule has 0 saturated carbocycles. The Labute approximate surface area is 115 Å². The van der Waals surface area contributed by atoms with Gasteiger partial charge < -0.3 is 11.1 Å². The van der Waals surface area contributed by atoms with E-state index in [-0.39, 0.29) is 11.9 Å². The monoisotopic (exact) mass is 266 g/mol. The van der Waals surface area contributed by atoms with Gasteiger partial charge in [-0.15, -0.1) is 0 Å². The second-order valence-corrected chi connectivity index (χ2v) is 5.06. The van der Waals surface area contributed by atoms with Gasteiger partial charge in [0.1, 0.15) is 5.69 Å². The van der Waals surface area contributed by atoms with Crippen LogP contribution in [0.15, 0.2) is 0 Å². The number of nitrogens with zero attached hydrogens (tertiary/aromatic N) is 2. The van der Waals surface area contributed by atoms with Gasteiger partial charge in [-0.25, -0.2) is 0 Å². The Morgan fingerprint density at radius 3 is 2.63 bits per heavy atom. The molecule has 1 aromatic rings. The van der Waals surface area contributed by atoms with Gasteiger partial charge in [0.25, 0.3) is 5.91 Å². The third kappa shape index (κ3) is 3.98. The Morgan fingerprint density at radius 1 is 1.42 bits per heavy atom. The number of carbonyl (C=O) groups excluding carboxylic acids is 1. The number of hydrogen-bond donors (Lipinski definition) is 2. The summed E-state index contributed by atoms with van der Waals surface area (Å²) in [5.41, 5.74) is 7.73. The third-order valence-electron chi connectivity index (χ3n) is 3.33. The van der Waals surface area contributed by atoms with Crippen LogP contribution in [-0.4, -0.2) is 21.7 Å². The maximum absolute atomic E-state index is 12.2. The molecule has 19 heavy (non-hydrogen) atoms. The number of hydrogen-bond acceptors (Lipinski definition) is 3. The van der Waals surface area contributed by atoms with E-state index >= 15 is 0 Å². The number of aryl methyl sites for hydroxylation is 2. The van der Waals surface area contributed by atoms with Crippen LogP contribution in [0.5, 0.6) is 0 Å². The molecule has 0 aliphatic heterocycles. The number of carbonyl (C=O) groups is 1. The van der Waals surface area contributed by atoms with Crippen molar-refractivity contribution in [2.75, 3.05) is 5.73 Å². The molecule has 1 amide bonds. The highest BCUT2D eigenvalue weighted by Gasteiger charge is 2.20. The molecule has 5 heteroatoms. The Morgan fingerprint density at radius 2 is 2.11 bits per heavy atom. The highest BCUT2D eigenvalue weighted by atomic mass is 16.2. The average Bonchev–Trinajstić information content (AvgIpc) is 2.64. The Bertz CT molecular complexity index is 425. The van der Waals surface area contributed by atoms with Gasteiger partial charge in [0, 0.05) is 13.1 Å². The average molecular weight is 266 g/mol. The summed E-state index contributed by atoms with van der Waals surface area (Å²) in [4.78, 5) is 12.2. The zero-order valence-electron chi connectivity index (χ0n) is 12.5. The van der Waals surface area contributed by atoms with Crippen LogP contribution < -0.4 is 11.1 Å². The van der Waals surface area contributed by atoms with Gasteiger partial charge in [-0.05, 0) is 19.8 Å². The normalized spacial score (nSPS) is 12.4. The minimum atomic E-state index is -0.129. The fraction of sp³-hybridized carbons (Fsp3) is 0.714. The summed E-state index contributed by atoms with van der Waals surface area (Å²) < 4.78 is 1.57. The minimum absolute atomic E-state index is 0.129. The fourth-order valence-corrected chi connectivity index (χ4v) is 2.19. The van der Waals surface area contributed by atoms with Gasteiger partial charge >= 0.3 is 0 Å². The fourth-order valence-electron chi connectivity index (χ4n) is 2.19. The lowest BCUT2D eigenvalue weighted by Crippen LogP contribution is -2.34. The summed E-state index contributed by atoms with van der Waals surface area (Å²) >= 11 is 0. The second kappa shape index (κ2) is 7.16. The molecule has 0 saturated heterocycles. The van der Waals surface area contributed by atoms with Gasteiger partial charge in [0.05, 0.1) is 11.4 Å². The molecule has 108 valence electrons. The quantitative estimate of drug-likeness (QED) is 0.743. The first-order valence-electron chi connectivity index (χ1n) is 7.13. The van der Waals surface area contributed by atoms with Crippen molar-refractivity contribution in [2.45, 2.75) is 58.9 Å². The summed E-state index contributed by atoms with van der Waals surface area (Å²) in [6.07, 6.45) is 5.26. The summed E-state index contributed by atoms with van der Waals surface area (Å²) in [5.74, 6) is -0.129. The second-order valence-electron chi connectivity index (χ2n) is 5.06. The first kappa shape index (κ1) is 15.5. The van der Waals surface area contributed by atoms with Crippen molar-refractivity contribution >= 4 is 11.6 Å². The van der Waals surface area contributed by atoms with Gasteiger partial charge in [-0.3, -0.25) is 9.48 Å². The molecule has 1 rings (SSSR count). The Kier molecular flexibility index (Phi) is 5.86. The minimum Gasteiger partial charge on any atom is -0.395 e. The number of nitrogen functional groups attached to an aromatic ring is 1. The molecule has 3 N–H and O–H groups in total. The van der Waals surface area contributed by atoms with Crippen LogP contribution in [0.3, 0.4) is 0 Å². The van der Waals surface area contributed by atoms with Crippen LogP contribution in [0.25, 0.3) is 0 Å². The van der Waals surface area contributed by atoms with E-state index < -0.39 is 0 Å². The van der Waals surface area contributed by atoms with E-state index in [1.165, 1.54) is 12.8 Å². The molecule has 5 nitrogen and oxygen atoms in total. The molecular formula is C14H26N4O. The molecule has 1 unspecified atom stereocenters. The van der Waals surface area contributed by atoms with E-state index in [1.807, 2.05) is 13.8 Å². The molecule has 0 aliphatic carbocycles. The standard InChI is InChI=1S/C14H26N4O/c1-5-7-8-9-10(3)16-14(19)13-12(15)11(6-2)17-18(13)4/h10H,5-9,15H2,1-4H3,(H,16,19). The predicted molar refractivity (Wildman–Crippen MR) is 78.1 cm³/mol. The molecule has 0 bridgehead atoms. The van der Waals surface area contributed by atoms with E-state index in [2.05, 4.69) is 17.3 Å². The molecule has 1 heterocycles. The predicted octanol–water partition coefficient (Wildman–Crippen LogP) is 2.26. The molecule has 0 aromatic carbocycles. The number of aromatic nitrogens is 2. The summed E-state index contributed by atoms with van der Waals surface area (Å²) in [5, 5.41) is 7.26. The van der Waals surface area contributed by atoms with Crippen LogP contribution in [0, 0.1) is 0 Å². The molecule has 1 atom stereocenters. The number of rotatable bonds is 7. The van der Waals surface area contributed by atoms with E-state index in [0.717, 1.165) is 25.0 Å².